The third-order valence-corrected chi connectivity index (χ3v) is 4.80. The van der Waals surface area contributed by atoms with Crippen molar-refractivity contribution in [3.63, 3.8) is 0 Å². The number of amides is 1. The van der Waals surface area contributed by atoms with Gasteiger partial charge < -0.3 is 9.64 Å². The molecule has 0 radical (unpaired) electrons. The van der Waals surface area contributed by atoms with E-state index in [1.807, 2.05) is 0 Å². The summed E-state index contributed by atoms with van der Waals surface area (Å²) in [5.74, 6) is -0.232. The summed E-state index contributed by atoms with van der Waals surface area (Å²) >= 11 is 0. The second-order valence-corrected chi connectivity index (χ2v) is 6.30. The summed E-state index contributed by atoms with van der Waals surface area (Å²) in [5.41, 5.74) is 0.126. The Labute approximate surface area is 138 Å². The Morgan fingerprint density at radius 2 is 1.92 bits per heavy atom. The molecule has 0 spiro atoms. The van der Waals surface area contributed by atoms with E-state index < -0.39 is 0 Å². The van der Waals surface area contributed by atoms with E-state index in [9.17, 15) is 9.59 Å². The van der Waals surface area contributed by atoms with E-state index in [0.717, 1.165) is 25.7 Å². The van der Waals surface area contributed by atoms with Gasteiger partial charge in [-0.15, -0.1) is 5.10 Å². The van der Waals surface area contributed by atoms with E-state index in [0.29, 0.717) is 26.3 Å². The fraction of sp³-hybridized carbons (Fsp3) is 0.667. The van der Waals surface area contributed by atoms with Crippen LogP contribution in [0.1, 0.15) is 48.6 Å². The molecule has 2 fully saturated rings. The van der Waals surface area contributed by atoms with Crippen molar-refractivity contribution in [2.75, 3.05) is 26.3 Å². The van der Waals surface area contributed by atoms with Gasteiger partial charge in [0, 0.05) is 13.1 Å². The molecular formula is C15H20N6O3. The standard InChI is InChI=1S/C15H20N6O3/c22-14(19-6-8-24-9-7-19)12-13-17-18-21(11-4-2-1-3-5-11)15(23)20(13)10-16-12/h10-11H,1-9H2. The molecule has 0 unspecified atom stereocenters. The summed E-state index contributed by atoms with van der Waals surface area (Å²) in [6.45, 7) is 2.06. The van der Waals surface area contributed by atoms with E-state index in [1.54, 1.807) is 4.90 Å². The highest BCUT2D eigenvalue weighted by Gasteiger charge is 2.26. The van der Waals surface area contributed by atoms with E-state index in [4.69, 9.17) is 4.74 Å². The van der Waals surface area contributed by atoms with E-state index >= 15 is 0 Å². The van der Waals surface area contributed by atoms with Crippen LogP contribution >= 0.6 is 0 Å². The molecule has 9 heteroatoms. The Hall–Kier alpha value is -2.29. The van der Waals surface area contributed by atoms with Crippen LogP contribution in [0.3, 0.4) is 0 Å². The van der Waals surface area contributed by atoms with Gasteiger partial charge in [0.05, 0.1) is 19.3 Å². The van der Waals surface area contributed by atoms with Crippen LogP contribution in [0.2, 0.25) is 0 Å². The first-order chi connectivity index (χ1) is 11.8. The molecule has 0 bridgehead atoms. The van der Waals surface area contributed by atoms with E-state index in [1.165, 1.54) is 21.8 Å². The van der Waals surface area contributed by atoms with Crippen molar-refractivity contribution in [2.45, 2.75) is 38.1 Å². The molecule has 9 nitrogen and oxygen atoms in total. The first-order valence-corrected chi connectivity index (χ1v) is 8.45. The normalized spacial score (nSPS) is 19.8. The predicted octanol–water partition coefficient (Wildman–Crippen LogP) is 0.264. The topological polar surface area (TPSA) is 94.6 Å². The summed E-state index contributed by atoms with van der Waals surface area (Å²) in [5, 5.41) is 8.22. The number of hydrogen-bond acceptors (Lipinski definition) is 6. The minimum atomic E-state index is -0.277. The lowest BCUT2D eigenvalue weighted by molar-refractivity contribution is 0.0300. The van der Waals surface area contributed by atoms with Crippen LogP contribution in [0.25, 0.3) is 5.65 Å². The summed E-state index contributed by atoms with van der Waals surface area (Å²) in [7, 11) is 0. The average Bonchev–Trinajstić information content (AvgIpc) is 3.08. The first-order valence-electron chi connectivity index (χ1n) is 8.45. The molecule has 3 heterocycles. The predicted molar refractivity (Wildman–Crippen MR) is 83.9 cm³/mol. The van der Waals surface area contributed by atoms with Crippen molar-refractivity contribution < 1.29 is 9.53 Å². The average molecular weight is 332 g/mol. The fourth-order valence-corrected chi connectivity index (χ4v) is 3.44. The number of nitrogens with zero attached hydrogens (tertiary/aromatic N) is 6. The number of morpholine rings is 1. The Morgan fingerprint density at radius 3 is 2.67 bits per heavy atom. The Kier molecular flexibility index (Phi) is 4.01. The van der Waals surface area contributed by atoms with Crippen molar-refractivity contribution in [3.05, 3.63) is 22.5 Å². The lowest BCUT2D eigenvalue weighted by Crippen LogP contribution is -2.41. The van der Waals surface area contributed by atoms with E-state index in [2.05, 4.69) is 15.3 Å². The third-order valence-electron chi connectivity index (χ3n) is 4.80. The monoisotopic (exact) mass is 332 g/mol. The summed E-state index contributed by atoms with van der Waals surface area (Å²) < 4.78 is 8.03. The number of fused-ring (bicyclic) bond motifs is 1. The highest BCUT2D eigenvalue weighted by Crippen LogP contribution is 2.26. The van der Waals surface area contributed by atoms with Gasteiger partial charge in [-0.05, 0) is 12.8 Å². The number of ether oxygens (including phenoxy) is 1. The van der Waals surface area contributed by atoms with Crippen molar-refractivity contribution in [1.29, 1.82) is 0 Å². The molecule has 4 rings (SSSR count). The number of rotatable bonds is 2. The summed E-state index contributed by atoms with van der Waals surface area (Å²) in [6, 6.07) is 0.0870. The zero-order valence-electron chi connectivity index (χ0n) is 13.4. The lowest BCUT2D eigenvalue weighted by atomic mass is 9.96. The first kappa shape index (κ1) is 15.3. The molecule has 1 aliphatic carbocycles. The Morgan fingerprint density at radius 1 is 1.17 bits per heavy atom. The van der Waals surface area contributed by atoms with Crippen LogP contribution in [-0.4, -0.2) is 61.5 Å². The molecule has 1 aliphatic heterocycles. The van der Waals surface area contributed by atoms with Crippen molar-refractivity contribution >= 4 is 11.6 Å². The molecule has 0 N–H and O–H groups in total. The second-order valence-electron chi connectivity index (χ2n) is 6.30. The van der Waals surface area contributed by atoms with Crippen LogP contribution in [0.4, 0.5) is 0 Å². The number of aromatic nitrogens is 5. The van der Waals surface area contributed by atoms with Crippen molar-refractivity contribution in [1.82, 2.24) is 29.3 Å². The Balaban J connectivity index is 1.68. The molecule has 1 saturated heterocycles. The molecule has 128 valence electrons. The summed E-state index contributed by atoms with van der Waals surface area (Å²) in [4.78, 5) is 31.1. The molecule has 1 amide bonds. The van der Waals surface area contributed by atoms with Crippen LogP contribution in [-0.2, 0) is 4.74 Å². The van der Waals surface area contributed by atoms with Crippen LogP contribution < -0.4 is 5.69 Å². The van der Waals surface area contributed by atoms with Crippen LogP contribution in [0.5, 0.6) is 0 Å². The highest BCUT2D eigenvalue weighted by atomic mass is 16.5. The zero-order chi connectivity index (χ0) is 16.5. The Bertz CT molecular complexity index is 801. The SMILES string of the molecule is O=C(c1ncn2c(=O)n(C3CCCCC3)nnc12)N1CCOCC1. The van der Waals surface area contributed by atoms with Crippen LogP contribution in [0, 0.1) is 0 Å². The molecular weight excluding hydrogens is 312 g/mol. The van der Waals surface area contributed by atoms with Gasteiger partial charge in [-0.3, -0.25) is 4.79 Å². The molecule has 2 aromatic rings. The van der Waals surface area contributed by atoms with Crippen molar-refractivity contribution in [2.24, 2.45) is 0 Å². The molecule has 24 heavy (non-hydrogen) atoms. The number of carbonyl (C=O) groups is 1. The highest BCUT2D eigenvalue weighted by molar-refractivity contribution is 5.97. The smallest absolute Gasteiger partial charge is 0.353 e. The maximum atomic E-state index is 12.7. The van der Waals surface area contributed by atoms with Crippen molar-refractivity contribution in [3.8, 4) is 0 Å². The van der Waals surface area contributed by atoms with Gasteiger partial charge in [0.2, 0.25) is 0 Å². The van der Waals surface area contributed by atoms with Gasteiger partial charge in [0.25, 0.3) is 5.91 Å². The minimum Gasteiger partial charge on any atom is -0.378 e. The fourth-order valence-electron chi connectivity index (χ4n) is 3.44. The molecule has 2 aromatic heterocycles. The molecule has 1 saturated carbocycles. The number of hydrogen-bond donors (Lipinski definition) is 0. The minimum absolute atomic E-state index is 0.0870. The van der Waals surface area contributed by atoms with Gasteiger partial charge >= 0.3 is 5.69 Å². The van der Waals surface area contributed by atoms with Gasteiger partial charge in [0.15, 0.2) is 11.3 Å². The van der Waals surface area contributed by atoms with Gasteiger partial charge in [-0.2, -0.15) is 4.68 Å². The van der Waals surface area contributed by atoms with Gasteiger partial charge in [-0.1, -0.05) is 24.5 Å². The van der Waals surface area contributed by atoms with Gasteiger partial charge in [0.1, 0.15) is 6.33 Å². The van der Waals surface area contributed by atoms with Crippen LogP contribution in [0.15, 0.2) is 11.1 Å². The molecule has 0 aromatic carbocycles. The maximum Gasteiger partial charge on any atom is 0.353 e. The van der Waals surface area contributed by atoms with E-state index in [-0.39, 0.29) is 29.0 Å². The number of imidazole rings is 1. The number of carbonyl (C=O) groups excluding carboxylic acids is 1. The largest absolute Gasteiger partial charge is 0.378 e. The third kappa shape index (κ3) is 2.58. The maximum absolute atomic E-state index is 12.7. The summed E-state index contributed by atoms with van der Waals surface area (Å²) in [6.07, 6.45) is 6.65. The zero-order valence-corrected chi connectivity index (χ0v) is 13.4. The molecule has 2 aliphatic rings. The molecule has 0 atom stereocenters. The lowest BCUT2D eigenvalue weighted by Gasteiger charge is -2.26. The quantitative estimate of drug-likeness (QED) is 0.783. The second kappa shape index (κ2) is 6.31. The van der Waals surface area contributed by atoms with Gasteiger partial charge in [-0.25, -0.2) is 14.2 Å².